The SMILES string of the molecule is O=C(NCCc1csc(-c2ccccn2)n1)NC1CCCCC1. The zero-order chi connectivity index (χ0) is 15.9. The van der Waals surface area contributed by atoms with Crippen LogP contribution < -0.4 is 10.6 Å². The lowest BCUT2D eigenvalue weighted by molar-refractivity contribution is 0.233. The molecule has 2 amide bonds. The number of rotatable bonds is 5. The minimum absolute atomic E-state index is 0.0583. The zero-order valence-electron chi connectivity index (χ0n) is 13.1. The average molecular weight is 330 g/mol. The highest BCUT2D eigenvalue weighted by Gasteiger charge is 2.15. The van der Waals surface area contributed by atoms with E-state index in [0.29, 0.717) is 12.6 Å². The second-order valence-electron chi connectivity index (χ2n) is 5.84. The van der Waals surface area contributed by atoms with Gasteiger partial charge in [0, 0.05) is 30.6 Å². The molecule has 2 heterocycles. The molecule has 6 heteroatoms. The van der Waals surface area contributed by atoms with E-state index in [4.69, 9.17) is 0 Å². The van der Waals surface area contributed by atoms with Gasteiger partial charge in [-0.1, -0.05) is 25.3 Å². The second kappa shape index (κ2) is 8.06. The van der Waals surface area contributed by atoms with Gasteiger partial charge in [0.25, 0.3) is 0 Å². The topological polar surface area (TPSA) is 66.9 Å². The molecule has 2 aromatic heterocycles. The highest BCUT2D eigenvalue weighted by molar-refractivity contribution is 7.13. The van der Waals surface area contributed by atoms with Gasteiger partial charge < -0.3 is 10.6 Å². The zero-order valence-corrected chi connectivity index (χ0v) is 13.9. The van der Waals surface area contributed by atoms with E-state index in [9.17, 15) is 4.79 Å². The van der Waals surface area contributed by atoms with Gasteiger partial charge in [0.2, 0.25) is 0 Å². The minimum atomic E-state index is -0.0583. The summed E-state index contributed by atoms with van der Waals surface area (Å²) in [5, 5.41) is 8.94. The highest BCUT2D eigenvalue weighted by atomic mass is 32.1. The quantitative estimate of drug-likeness (QED) is 0.883. The van der Waals surface area contributed by atoms with Crippen molar-refractivity contribution in [1.29, 1.82) is 0 Å². The lowest BCUT2D eigenvalue weighted by atomic mass is 9.96. The molecular formula is C17H22N4OS. The molecule has 1 fully saturated rings. The molecule has 0 radical (unpaired) electrons. The fraction of sp³-hybridized carbons (Fsp3) is 0.471. The third-order valence-electron chi connectivity index (χ3n) is 4.04. The van der Waals surface area contributed by atoms with Crippen LogP contribution in [0.4, 0.5) is 4.79 Å². The Morgan fingerprint density at radius 2 is 2.13 bits per heavy atom. The van der Waals surface area contributed by atoms with E-state index in [1.807, 2.05) is 23.6 Å². The monoisotopic (exact) mass is 330 g/mol. The molecule has 0 bridgehead atoms. The maximum absolute atomic E-state index is 11.9. The van der Waals surface area contributed by atoms with Gasteiger partial charge in [-0.15, -0.1) is 11.3 Å². The summed E-state index contributed by atoms with van der Waals surface area (Å²) in [7, 11) is 0. The van der Waals surface area contributed by atoms with E-state index >= 15 is 0 Å². The molecule has 0 saturated heterocycles. The number of thiazole rings is 1. The van der Waals surface area contributed by atoms with Crippen LogP contribution in [0.3, 0.4) is 0 Å². The molecule has 2 N–H and O–H groups in total. The first-order chi connectivity index (χ1) is 11.3. The van der Waals surface area contributed by atoms with Crippen LogP contribution in [0.5, 0.6) is 0 Å². The van der Waals surface area contributed by atoms with Gasteiger partial charge in [-0.05, 0) is 25.0 Å². The van der Waals surface area contributed by atoms with E-state index in [-0.39, 0.29) is 6.03 Å². The second-order valence-corrected chi connectivity index (χ2v) is 6.70. The Balaban J connectivity index is 1.42. The molecule has 1 saturated carbocycles. The van der Waals surface area contributed by atoms with Gasteiger partial charge in [-0.2, -0.15) is 0 Å². The van der Waals surface area contributed by atoms with Gasteiger partial charge in [0.05, 0.1) is 11.4 Å². The van der Waals surface area contributed by atoms with Crippen LogP contribution in [0.15, 0.2) is 29.8 Å². The third kappa shape index (κ3) is 4.76. The van der Waals surface area contributed by atoms with Gasteiger partial charge in [0.1, 0.15) is 5.01 Å². The number of nitrogens with one attached hydrogen (secondary N) is 2. The van der Waals surface area contributed by atoms with Crippen molar-refractivity contribution in [2.24, 2.45) is 0 Å². The first-order valence-electron chi connectivity index (χ1n) is 8.21. The standard InChI is InChI=1S/C17H22N4OS/c22-17(21-13-6-2-1-3-7-13)19-11-9-14-12-23-16(20-14)15-8-4-5-10-18-15/h4-5,8,10,12-13H,1-3,6-7,9,11H2,(H2,19,21,22). The summed E-state index contributed by atoms with van der Waals surface area (Å²) in [5.74, 6) is 0. The smallest absolute Gasteiger partial charge is 0.315 e. The Morgan fingerprint density at radius 3 is 2.91 bits per heavy atom. The highest BCUT2D eigenvalue weighted by Crippen LogP contribution is 2.21. The Kier molecular flexibility index (Phi) is 5.58. The predicted octanol–water partition coefficient (Wildman–Crippen LogP) is 3.38. The summed E-state index contributed by atoms with van der Waals surface area (Å²) >= 11 is 1.59. The van der Waals surface area contributed by atoms with Crippen LogP contribution in [0.1, 0.15) is 37.8 Å². The van der Waals surface area contributed by atoms with Crippen LogP contribution in [-0.4, -0.2) is 28.6 Å². The van der Waals surface area contributed by atoms with Crippen molar-refractivity contribution in [2.75, 3.05) is 6.54 Å². The van der Waals surface area contributed by atoms with E-state index in [1.54, 1.807) is 17.5 Å². The summed E-state index contributed by atoms with van der Waals surface area (Å²) in [6, 6.07) is 6.10. The molecular weight excluding hydrogens is 308 g/mol. The van der Waals surface area contributed by atoms with Crippen LogP contribution in [0.2, 0.25) is 0 Å². The first kappa shape index (κ1) is 15.9. The van der Waals surface area contributed by atoms with Gasteiger partial charge in [-0.3, -0.25) is 4.98 Å². The Morgan fingerprint density at radius 1 is 1.26 bits per heavy atom. The number of nitrogens with zero attached hydrogens (tertiary/aromatic N) is 2. The number of urea groups is 1. The van der Waals surface area contributed by atoms with E-state index in [1.165, 1.54) is 19.3 Å². The number of carbonyl (C=O) groups is 1. The fourth-order valence-corrected chi connectivity index (χ4v) is 3.65. The maximum Gasteiger partial charge on any atom is 0.315 e. The molecule has 23 heavy (non-hydrogen) atoms. The Hall–Kier alpha value is -1.95. The largest absolute Gasteiger partial charge is 0.338 e. The van der Waals surface area contributed by atoms with Crippen molar-refractivity contribution < 1.29 is 4.79 Å². The molecule has 0 aromatic carbocycles. The summed E-state index contributed by atoms with van der Waals surface area (Å²) in [5.41, 5.74) is 1.89. The molecule has 0 atom stereocenters. The van der Waals surface area contributed by atoms with Crippen molar-refractivity contribution in [3.05, 3.63) is 35.5 Å². The van der Waals surface area contributed by atoms with Crippen molar-refractivity contribution >= 4 is 17.4 Å². The van der Waals surface area contributed by atoms with E-state index in [2.05, 4.69) is 20.6 Å². The molecule has 1 aliphatic carbocycles. The van der Waals surface area contributed by atoms with Crippen LogP contribution >= 0.6 is 11.3 Å². The minimum Gasteiger partial charge on any atom is -0.338 e. The normalized spacial score (nSPS) is 15.3. The Labute approximate surface area is 140 Å². The fourth-order valence-electron chi connectivity index (χ4n) is 2.82. The van der Waals surface area contributed by atoms with Gasteiger partial charge in [-0.25, -0.2) is 9.78 Å². The number of carbonyl (C=O) groups excluding carboxylic acids is 1. The van der Waals surface area contributed by atoms with Crippen LogP contribution in [0, 0.1) is 0 Å². The summed E-state index contributed by atoms with van der Waals surface area (Å²) in [4.78, 5) is 20.8. The summed E-state index contributed by atoms with van der Waals surface area (Å²) in [6.45, 7) is 0.601. The summed E-state index contributed by atoms with van der Waals surface area (Å²) < 4.78 is 0. The molecule has 1 aliphatic rings. The third-order valence-corrected chi connectivity index (χ3v) is 4.96. The van der Waals surface area contributed by atoms with Gasteiger partial charge >= 0.3 is 6.03 Å². The van der Waals surface area contributed by atoms with Crippen molar-refractivity contribution in [2.45, 2.75) is 44.6 Å². The molecule has 2 aromatic rings. The average Bonchev–Trinajstić information content (AvgIpc) is 3.05. The lowest BCUT2D eigenvalue weighted by Gasteiger charge is -2.22. The number of hydrogen-bond acceptors (Lipinski definition) is 4. The van der Waals surface area contributed by atoms with Crippen molar-refractivity contribution in [1.82, 2.24) is 20.6 Å². The first-order valence-corrected chi connectivity index (χ1v) is 9.09. The Bertz CT molecular complexity index is 623. The van der Waals surface area contributed by atoms with Gasteiger partial charge in [0.15, 0.2) is 0 Å². The summed E-state index contributed by atoms with van der Waals surface area (Å²) in [6.07, 6.45) is 8.46. The van der Waals surface area contributed by atoms with Crippen molar-refractivity contribution in [3.63, 3.8) is 0 Å². The molecule has 0 unspecified atom stereocenters. The van der Waals surface area contributed by atoms with Crippen molar-refractivity contribution in [3.8, 4) is 10.7 Å². The molecule has 3 rings (SSSR count). The predicted molar refractivity (Wildman–Crippen MR) is 92.5 cm³/mol. The van der Waals surface area contributed by atoms with E-state index < -0.39 is 0 Å². The number of aromatic nitrogens is 2. The van der Waals surface area contributed by atoms with Crippen LogP contribution in [0.25, 0.3) is 10.7 Å². The van der Waals surface area contributed by atoms with E-state index in [0.717, 1.165) is 35.7 Å². The molecule has 122 valence electrons. The lowest BCUT2D eigenvalue weighted by Crippen LogP contribution is -2.43. The number of hydrogen-bond donors (Lipinski definition) is 2. The van der Waals surface area contributed by atoms with Crippen LogP contribution in [-0.2, 0) is 6.42 Å². The maximum atomic E-state index is 11.9. The molecule has 0 spiro atoms. The number of pyridine rings is 1. The molecule has 0 aliphatic heterocycles. The number of amides is 2. The molecule has 5 nitrogen and oxygen atoms in total.